The average Bonchev–Trinajstić information content (AvgIpc) is 1.63. The molecule has 0 saturated heterocycles. The van der Waals surface area contributed by atoms with Crippen molar-refractivity contribution in [3.63, 3.8) is 0 Å². The second kappa shape index (κ2) is 4.36. The fraction of sp³-hybridized carbons (Fsp3) is 0.500. The summed E-state index contributed by atoms with van der Waals surface area (Å²) in [5, 5.41) is 0. The molecule has 0 unspecified atom stereocenters. The summed E-state index contributed by atoms with van der Waals surface area (Å²) in [5.41, 5.74) is 0. The minimum Gasteiger partial charge on any atom is -0.434 e. The number of hydrogen-bond donors (Lipinski definition) is 2. The summed E-state index contributed by atoms with van der Waals surface area (Å²) in [4.78, 5) is 20.4. The van der Waals surface area contributed by atoms with Crippen LogP contribution in [0.25, 0.3) is 0 Å². The van der Waals surface area contributed by atoms with Crippen molar-refractivity contribution >= 4 is 27.5 Å². The minimum atomic E-state index is -0.444. The second-order valence-electron chi connectivity index (χ2n) is 1.55. The Morgan fingerprint density at radius 1 is 1.11 bits per heavy atom. The molecule has 2 N–H and O–H groups in total. The first-order valence-electron chi connectivity index (χ1n) is 2.49. The van der Waals surface area contributed by atoms with Gasteiger partial charge in [-0.05, 0) is 0 Å². The molecule has 4 nitrogen and oxygen atoms in total. The Balaban J connectivity index is 3.10. The molecule has 0 saturated carbocycles. The smallest absolute Gasteiger partial charge is 0.434 e. The van der Waals surface area contributed by atoms with Crippen LogP contribution < -0.4 is 8.60 Å². The van der Waals surface area contributed by atoms with Crippen molar-refractivity contribution in [3.05, 3.63) is 0 Å². The first-order valence-corrected chi connectivity index (χ1v) is 3.64. The van der Waals surface area contributed by atoms with E-state index in [-0.39, 0.29) is 11.8 Å². The lowest BCUT2D eigenvalue weighted by molar-refractivity contribution is -0.117. The van der Waals surface area contributed by atoms with Crippen molar-refractivity contribution in [2.45, 2.75) is 13.8 Å². The Labute approximate surface area is 60.1 Å². The van der Waals surface area contributed by atoms with Crippen LogP contribution in [0.15, 0.2) is 0 Å². The summed E-state index contributed by atoms with van der Waals surface area (Å²) in [5.74, 6) is -0.225. The Morgan fingerprint density at radius 2 is 1.44 bits per heavy atom. The Morgan fingerprint density at radius 3 is 1.67 bits per heavy atom. The van der Waals surface area contributed by atoms with Gasteiger partial charge in [0, 0.05) is 13.8 Å². The first kappa shape index (κ1) is 8.47. The molecule has 0 fully saturated rings. The lowest BCUT2D eigenvalue weighted by Crippen LogP contribution is -2.38. The third kappa shape index (κ3) is 7.47. The maximum Gasteiger partial charge on any atom is 0.552 e. The van der Waals surface area contributed by atoms with E-state index in [9.17, 15) is 9.59 Å². The van der Waals surface area contributed by atoms with Crippen molar-refractivity contribution in [1.82, 2.24) is 8.60 Å². The van der Waals surface area contributed by atoms with E-state index < -0.39 is 15.7 Å². The monoisotopic (exact) mass is 143 g/mol. The Bertz CT molecular complexity index is 112. The van der Waals surface area contributed by atoms with Crippen LogP contribution in [0.5, 0.6) is 0 Å². The highest BCUT2D eigenvalue weighted by Gasteiger charge is 1.96. The van der Waals surface area contributed by atoms with E-state index in [1.165, 1.54) is 13.8 Å². The number of rotatable bonds is 2. The van der Waals surface area contributed by atoms with Crippen LogP contribution >= 0.6 is 0 Å². The van der Waals surface area contributed by atoms with Crippen molar-refractivity contribution in [2.75, 3.05) is 0 Å². The SMILES string of the molecule is CC(=O)[NH][Al][NH]C(C)=O. The average molecular weight is 143 g/mol. The van der Waals surface area contributed by atoms with Crippen molar-refractivity contribution < 1.29 is 9.59 Å². The van der Waals surface area contributed by atoms with E-state index in [0.29, 0.717) is 0 Å². The van der Waals surface area contributed by atoms with Crippen LogP contribution in [0, 0.1) is 0 Å². The normalized spacial score (nSPS) is 7.78. The van der Waals surface area contributed by atoms with Gasteiger partial charge < -0.3 is 8.60 Å². The van der Waals surface area contributed by atoms with Crippen LogP contribution in [0.1, 0.15) is 13.8 Å². The third-order valence-corrected chi connectivity index (χ3v) is 1.65. The van der Waals surface area contributed by atoms with Gasteiger partial charge in [0.2, 0.25) is 0 Å². The van der Waals surface area contributed by atoms with Gasteiger partial charge in [-0.25, -0.2) is 0 Å². The largest absolute Gasteiger partial charge is 0.552 e. The van der Waals surface area contributed by atoms with E-state index in [1.54, 1.807) is 0 Å². The van der Waals surface area contributed by atoms with Gasteiger partial charge in [-0.2, -0.15) is 0 Å². The summed E-state index contributed by atoms with van der Waals surface area (Å²) >= 11 is -0.444. The molecule has 0 rings (SSSR count). The fourth-order valence-corrected chi connectivity index (χ4v) is 0.718. The van der Waals surface area contributed by atoms with Gasteiger partial charge in [0.05, 0.1) is 0 Å². The summed E-state index contributed by atoms with van der Waals surface area (Å²) in [6.07, 6.45) is 0. The predicted octanol–water partition coefficient (Wildman–Crippen LogP) is -1.21. The fourth-order valence-electron chi connectivity index (χ4n) is 0.239. The van der Waals surface area contributed by atoms with Gasteiger partial charge >= 0.3 is 15.7 Å². The molecule has 1 radical (unpaired) electrons. The van der Waals surface area contributed by atoms with Gasteiger partial charge in [0.1, 0.15) is 0 Å². The first-order chi connectivity index (χ1) is 4.13. The minimum absolute atomic E-state index is 0.112. The molecule has 0 aromatic rings. The summed E-state index contributed by atoms with van der Waals surface area (Å²) in [6.45, 7) is 2.82. The molecule has 0 heterocycles. The molecule has 49 valence electrons. The predicted molar refractivity (Wildman–Crippen MR) is 33.4 cm³/mol. The molecule has 0 aromatic carbocycles. The van der Waals surface area contributed by atoms with Gasteiger partial charge in [0.25, 0.3) is 0 Å². The highest BCUT2D eigenvalue weighted by molar-refractivity contribution is 6.38. The van der Waals surface area contributed by atoms with E-state index >= 15 is 0 Å². The zero-order valence-corrected chi connectivity index (χ0v) is 6.55. The molecule has 0 bridgehead atoms. The molecular weight excluding hydrogens is 135 g/mol. The van der Waals surface area contributed by atoms with Gasteiger partial charge in [-0.1, -0.05) is 0 Å². The quantitative estimate of drug-likeness (QED) is 0.476. The summed E-state index contributed by atoms with van der Waals surface area (Å²) in [7, 11) is 0. The second-order valence-corrected chi connectivity index (χ2v) is 2.41. The standard InChI is InChI=1S/2C2H5NO.Al/c2*1-2(3)4;/h2*1H3,(H2,3,4);/q;;+2/p-2. The zero-order chi connectivity index (χ0) is 7.28. The molecule has 0 aliphatic heterocycles. The van der Waals surface area contributed by atoms with Crippen molar-refractivity contribution in [3.8, 4) is 0 Å². The van der Waals surface area contributed by atoms with Gasteiger partial charge in [-0.3, -0.25) is 9.59 Å². The Kier molecular flexibility index (Phi) is 4.11. The molecule has 5 heteroatoms. The molecule has 0 spiro atoms. The zero-order valence-electron chi connectivity index (χ0n) is 5.39. The van der Waals surface area contributed by atoms with E-state index in [0.717, 1.165) is 0 Å². The third-order valence-electron chi connectivity index (χ3n) is 0.551. The maximum absolute atomic E-state index is 10.2. The molecule has 0 aromatic heterocycles. The van der Waals surface area contributed by atoms with Crippen LogP contribution in [-0.2, 0) is 9.59 Å². The molecular formula is C4H8AlN2O2. The van der Waals surface area contributed by atoms with Crippen LogP contribution in [0.2, 0.25) is 0 Å². The van der Waals surface area contributed by atoms with Crippen molar-refractivity contribution in [2.24, 2.45) is 0 Å². The van der Waals surface area contributed by atoms with Crippen LogP contribution in [-0.4, -0.2) is 27.5 Å². The number of carbonyl (C=O) groups excluding carboxylic acids is 2. The maximum atomic E-state index is 10.2. The van der Waals surface area contributed by atoms with E-state index in [4.69, 9.17) is 0 Å². The van der Waals surface area contributed by atoms with Gasteiger partial charge in [-0.15, -0.1) is 0 Å². The molecule has 0 aliphatic rings. The number of amides is 2. The highest BCUT2D eigenvalue weighted by Crippen LogP contribution is 1.55. The molecule has 9 heavy (non-hydrogen) atoms. The number of hydrogen-bond acceptors (Lipinski definition) is 2. The van der Waals surface area contributed by atoms with Crippen LogP contribution in [0.3, 0.4) is 0 Å². The topological polar surface area (TPSA) is 58.2 Å². The summed E-state index contributed by atoms with van der Waals surface area (Å²) in [6, 6.07) is 0. The number of nitrogens with one attached hydrogen (secondary N) is 2. The lowest BCUT2D eigenvalue weighted by Gasteiger charge is -1.96. The lowest BCUT2D eigenvalue weighted by atomic mass is 10.8. The Hall–Kier alpha value is -0.528. The highest BCUT2D eigenvalue weighted by atomic mass is 27.1. The molecule has 0 aliphatic carbocycles. The van der Waals surface area contributed by atoms with E-state index in [2.05, 4.69) is 8.60 Å². The van der Waals surface area contributed by atoms with Gasteiger partial charge in [0.15, 0.2) is 11.8 Å². The molecule has 0 atom stereocenters. The number of carbonyl (C=O) groups is 2. The van der Waals surface area contributed by atoms with Crippen molar-refractivity contribution in [1.29, 1.82) is 0 Å². The van der Waals surface area contributed by atoms with E-state index in [1.807, 2.05) is 0 Å². The van der Waals surface area contributed by atoms with Crippen LogP contribution in [0.4, 0.5) is 0 Å². The summed E-state index contributed by atoms with van der Waals surface area (Å²) < 4.78 is 4.98. The molecule has 2 amide bonds.